The Morgan fingerprint density at radius 2 is 2.00 bits per heavy atom. The maximum atomic E-state index is 10.8. The van der Waals surface area contributed by atoms with E-state index in [1.165, 1.54) is 32.4 Å². The second-order valence-electron chi connectivity index (χ2n) is 4.40. The first kappa shape index (κ1) is 14.2. The smallest absolute Gasteiger partial charge is 0.330 e. The van der Waals surface area contributed by atoms with E-state index in [-0.39, 0.29) is 5.97 Å². The molecule has 0 radical (unpaired) electrons. The average molecular weight is 212 g/mol. The number of carbonyl (C=O) groups excluding carboxylic acids is 1. The summed E-state index contributed by atoms with van der Waals surface area (Å²) in [6.07, 6.45) is 8.18. The van der Waals surface area contributed by atoms with Crippen molar-refractivity contribution in [2.75, 3.05) is 7.11 Å². The van der Waals surface area contributed by atoms with Crippen LogP contribution in [0.1, 0.15) is 46.5 Å². The Morgan fingerprint density at radius 3 is 2.53 bits per heavy atom. The van der Waals surface area contributed by atoms with Crippen LogP contribution in [0.3, 0.4) is 0 Å². The van der Waals surface area contributed by atoms with E-state index in [9.17, 15) is 4.79 Å². The van der Waals surface area contributed by atoms with Crippen LogP contribution in [0.15, 0.2) is 12.2 Å². The molecule has 2 heteroatoms. The maximum Gasteiger partial charge on any atom is 0.330 e. The minimum absolute atomic E-state index is 0.260. The average Bonchev–Trinajstić information content (AvgIpc) is 2.17. The lowest BCUT2D eigenvalue weighted by molar-refractivity contribution is -0.134. The van der Waals surface area contributed by atoms with Crippen molar-refractivity contribution in [3.05, 3.63) is 12.2 Å². The van der Waals surface area contributed by atoms with Crippen LogP contribution in [-0.4, -0.2) is 13.1 Å². The molecule has 0 heterocycles. The standard InChI is InChI=1S/C13H24O2/c1-5-7-11(2)10-12(3)8-6-9-13(14)15-4/h6,9,11-12H,5,7-8,10H2,1-4H3/b9-6+/t11-,12+/m0/s1. The van der Waals surface area contributed by atoms with E-state index < -0.39 is 0 Å². The largest absolute Gasteiger partial charge is 0.466 e. The topological polar surface area (TPSA) is 26.3 Å². The SMILES string of the molecule is CCC[C@H](C)C[C@H](C)C/C=C/C(=O)OC. The van der Waals surface area contributed by atoms with E-state index in [2.05, 4.69) is 25.5 Å². The third kappa shape index (κ3) is 8.22. The Labute approximate surface area is 93.7 Å². The number of hydrogen-bond donors (Lipinski definition) is 0. The summed E-state index contributed by atoms with van der Waals surface area (Å²) in [7, 11) is 1.40. The van der Waals surface area contributed by atoms with Crippen molar-refractivity contribution in [1.82, 2.24) is 0 Å². The van der Waals surface area contributed by atoms with Crippen LogP contribution < -0.4 is 0 Å². The van der Waals surface area contributed by atoms with Gasteiger partial charge in [-0.25, -0.2) is 4.79 Å². The van der Waals surface area contributed by atoms with Crippen LogP contribution in [0, 0.1) is 11.8 Å². The fraction of sp³-hybridized carbons (Fsp3) is 0.769. The van der Waals surface area contributed by atoms with Gasteiger partial charge in [-0.15, -0.1) is 0 Å². The lowest BCUT2D eigenvalue weighted by Crippen LogP contribution is -2.02. The number of carbonyl (C=O) groups is 1. The van der Waals surface area contributed by atoms with Crippen LogP contribution >= 0.6 is 0 Å². The Bertz CT molecular complexity index is 197. The summed E-state index contributed by atoms with van der Waals surface area (Å²) in [4.78, 5) is 10.8. The quantitative estimate of drug-likeness (QED) is 0.476. The molecule has 0 bridgehead atoms. The van der Waals surface area contributed by atoms with Crippen LogP contribution in [0.5, 0.6) is 0 Å². The molecule has 88 valence electrons. The summed E-state index contributed by atoms with van der Waals surface area (Å²) >= 11 is 0. The molecule has 0 saturated carbocycles. The number of methoxy groups -OCH3 is 1. The van der Waals surface area contributed by atoms with Crippen molar-refractivity contribution in [2.24, 2.45) is 11.8 Å². The van der Waals surface area contributed by atoms with E-state index >= 15 is 0 Å². The first-order valence-corrected chi connectivity index (χ1v) is 5.84. The van der Waals surface area contributed by atoms with Crippen LogP contribution in [-0.2, 0) is 9.53 Å². The monoisotopic (exact) mass is 212 g/mol. The van der Waals surface area contributed by atoms with Gasteiger partial charge in [0.1, 0.15) is 0 Å². The molecule has 0 rings (SSSR count). The number of rotatable bonds is 7. The molecule has 15 heavy (non-hydrogen) atoms. The van der Waals surface area contributed by atoms with Crippen LogP contribution in [0.4, 0.5) is 0 Å². The molecule has 2 atom stereocenters. The lowest BCUT2D eigenvalue weighted by Gasteiger charge is -2.14. The molecule has 0 fully saturated rings. The Kier molecular flexibility index (Phi) is 8.06. The molecule has 0 saturated heterocycles. The Morgan fingerprint density at radius 1 is 1.33 bits per heavy atom. The predicted octanol–water partition coefficient (Wildman–Crippen LogP) is 3.57. The number of hydrogen-bond acceptors (Lipinski definition) is 2. The summed E-state index contributed by atoms with van der Waals surface area (Å²) in [6.45, 7) is 6.75. The van der Waals surface area contributed by atoms with Gasteiger partial charge in [0.05, 0.1) is 7.11 Å². The summed E-state index contributed by atoms with van der Waals surface area (Å²) < 4.78 is 4.53. The molecule has 0 aromatic heterocycles. The first-order valence-electron chi connectivity index (χ1n) is 5.84. The molecular formula is C13H24O2. The van der Waals surface area contributed by atoms with E-state index in [1.54, 1.807) is 0 Å². The first-order chi connectivity index (χ1) is 7.10. The number of ether oxygens (including phenoxy) is 1. The zero-order valence-corrected chi connectivity index (χ0v) is 10.5. The number of allylic oxidation sites excluding steroid dienone is 1. The zero-order valence-electron chi connectivity index (χ0n) is 10.5. The predicted molar refractivity (Wildman–Crippen MR) is 63.6 cm³/mol. The minimum atomic E-state index is -0.260. The van der Waals surface area contributed by atoms with E-state index in [1.807, 2.05) is 6.08 Å². The molecule has 0 aliphatic carbocycles. The van der Waals surface area contributed by atoms with Crippen molar-refractivity contribution in [3.63, 3.8) is 0 Å². The normalized spacial score (nSPS) is 15.2. The molecule has 2 nitrogen and oxygen atoms in total. The molecular weight excluding hydrogens is 188 g/mol. The number of esters is 1. The van der Waals surface area contributed by atoms with Crippen molar-refractivity contribution >= 4 is 5.97 Å². The van der Waals surface area contributed by atoms with Crippen molar-refractivity contribution in [1.29, 1.82) is 0 Å². The highest BCUT2D eigenvalue weighted by Gasteiger charge is 2.06. The Balaban J connectivity index is 3.69. The lowest BCUT2D eigenvalue weighted by atomic mass is 9.92. The summed E-state index contributed by atoms with van der Waals surface area (Å²) in [5.74, 6) is 1.17. The van der Waals surface area contributed by atoms with Gasteiger partial charge in [0, 0.05) is 6.08 Å². The van der Waals surface area contributed by atoms with Gasteiger partial charge in [-0.2, -0.15) is 0 Å². The van der Waals surface area contributed by atoms with Gasteiger partial charge in [0.2, 0.25) is 0 Å². The molecule has 0 unspecified atom stereocenters. The second kappa shape index (κ2) is 8.51. The van der Waals surface area contributed by atoms with Crippen molar-refractivity contribution in [2.45, 2.75) is 46.5 Å². The molecule has 0 N–H and O–H groups in total. The summed E-state index contributed by atoms with van der Waals surface area (Å²) in [5, 5.41) is 0. The molecule has 0 spiro atoms. The molecule has 0 aromatic rings. The van der Waals surface area contributed by atoms with E-state index in [0.29, 0.717) is 5.92 Å². The van der Waals surface area contributed by atoms with Crippen LogP contribution in [0.25, 0.3) is 0 Å². The molecule has 0 aliphatic rings. The highest BCUT2D eigenvalue weighted by atomic mass is 16.5. The van der Waals surface area contributed by atoms with Gasteiger partial charge in [0.25, 0.3) is 0 Å². The summed E-state index contributed by atoms with van der Waals surface area (Å²) in [5.41, 5.74) is 0. The third-order valence-electron chi connectivity index (χ3n) is 2.58. The fourth-order valence-corrected chi connectivity index (χ4v) is 1.86. The van der Waals surface area contributed by atoms with Gasteiger partial charge in [-0.3, -0.25) is 0 Å². The van der Waals surface area contributed by atoms with E-state index in [4.69, 9.17) is 0 Å². The molecule has 0 aromatic carbocycles. The molecule has 0 amide bonds. The third-order valence-corrected chi connectivity index (χ3v) is 2.58. The zero-order chi connectivity index (χ0) is 11.7. The summed E-state index contributed by atoms with van der Waals surface area (Å²) in [6, 6.07) is 0. The molecule has 0 aliphatic heterocycles. The van der Waals surface area contributed by atoms with Crippen molar-refractivity contribution < 1.29 is 9.53 Å². The van der Waals surface area contributed by atoms with Gasteiger partial charge >= 0.3 is 5.97 Å². The fourth-order valence-electron chi connectivity index (χ4n) is 1.86. The maximum absolute atomic E-state index is 10.8. The highest BCUT2D eigenvalue weighted by Crippen LogP contribution is 2.19. The Hall–Kier alpha value is -0.790. The van der Waals surface area contributed by atoms with Gasteiger partial charge in [-0.1, -0.05) is 39.7 Å². The van der Waals surface area contributed by atoms with Gasteiger partial charge < -0.3 is 4.74 Å². The van der Waals surface area contributed by atoms with Crippen LogP contribution in [0.2, 0.25) is 0 Å². The van der Waals surface area contributed by atoms with Crippen molar-refractivity contribution in [3.8, 4) is 0 Å². The second-order valence-corrected chi connectivity index (χ2v) is 4.40. The van der Waals surface area contributed by atoms with Gasteiger partial charge in [0.15, 0.2) is 0 Å². The van der Waals surface area contributed by atoms with E-state index in [0.717, 1.165) is 12.3 Å². The minimum Gasteiger partial charge on any atom is -0.466 e. The van der Waals surface area contributed by atoms with Gasteiger partial charge in [-0.05, 0) is 24.7 Å². The highest BCUT2D eigenvalue weighted by molar-refractivity contribution is 5.81.